The fraction of sp³-hybridized carbons (Fsp3) is 0.562. The summed E-state index contributed by atoms with van der Waals surface area (Å²) in [6.45, 7) is 26.0. The Kier molecular flexibility index (Phi) is 7.63. The molecular formula is C32H44O3Se-. The third kappa shape index (κ3) is 6.39. The second kappa shape index (κ2) is 9.53. The van der Waals surface area contributed by atoms with Crippen molar-refractivity contribution >= 4 is 24.7 Å². The van der Waals surface area contributed by atoms with Crippen LogP contribution in [0.3, 0.4) is 0 Å². The van der Waals surface area contributed by atoms with Gasteiger partial charge in [0.1, 0.15) is 0 Å². The minimum absolute atomic E-state index is 0.0548. The Bertz CT molecular complexity index is 1110. The van der Waals surface area contributed by atoms with E-state index in [1.54, 1.807) is 0 Å². The fourth-order valence-electron chi connectivity index (χ4n) is 3.97. The number of hydrogen-bond donors (Lipinski definition) is 0. The molecule has 36 heavy (non-hydrogen) atoms. The summed E-state index contributed by atoms with van der Waals surface area (Å²) in [6.07, 6.45) is 11.0. The molecule has 1 aliphatic carbocycles. The van der Waals surface area contributed by atoms with Gasteiger partial charge in [0.2, 0.25) is 0 Å². The van der Waals surface area contributed by atoms with Gasteiger partial charge in [-0.25, -0.2) is 0 Å². The molecule has 1 saturated carbocycles. The van der Waals surface area contributed by atoms with Crippen LogP contribution < -0.4 is 5.11 Å². The zero-order valence-corrected chi connectivity index (χ0v) is 26.0. The zero-order chi connectivity index (χ0) is 27.4. The topological polar surface area (TPSA) is 49.4 Å². The van der Waals surface area contributed by atoms with Gasteiger partial charge in [0.15, 0.2) is 0 Å². The molecule has 0 aromatic carbocycles. The van der Waals surface area contributed by atoms with E-state index in [4.69, 9.17) is 4.74 Å². The van der Waals surface area contributed by atoms with Crippen LogP contribution in [0.1, 0.15) is 83.1 Å². The number of carbonyl (C=O) groups excluding carboxylic acids is 1. The monoisotopic (exact) mass is 556 g/mol. The number of carbonyl (C=O) groups is 1. The molecule has 4 heteroatoms. The minimum Gasteiger partial charge on any atom is -0.0530 e. The van der Waals surface area contributed by atoms with E-state index in [-0.39, 0.29) is 42.0 Å². The molecule has 2 aliphatic heterocycles. The second-order valence-electron chi connectivity index (χ2n) is 14.3. The van der Waals surface area contributed by atoms with Crippen molar-refractivity contribution in [2.75, 3.05) is 0 Å². The van der Waals surface area contributed by atoms with Crippen LogP contribution in [0.5, 0.6) is 0 Å². The van der Waals surface area contributed by atoms with Crippen molar-refractivity contribution in [1.29, 1.82) is 0 Å². The molecule has 0 spiro atoms. The first-order chi connectivity index (χ1) is 16.2. The normalized spacial score (nSPS) is 24.8. The van der Waals surface area contributed by atoms with E-state index >= 15 is 0 Å². The standard InChI is InChI=1S/C32H44O3Se/c1-29(2,3)23-15-19(16-24(35-23)30(4,5)6)13-21-27(33)22(28(21)34)14-20-17-25(31(7,8)9)36-26(18-20)32(10,11)12/h13-18,21,27H,1-12H3/q-1. The summed E-state index contributed by atoms with van der Waals surface area (Å²) >= 11 is 0.267. The third-order valence-electron chi connectivity index (χ3n) is 6.50. The van der Waals surface area contributed by atoms with Crippen molar-refractivity contribution < 1.29 is 14.6 Å². The van der Waals surface area contributed by atoms with Crippen LogP contribution in [0.2, 0.25) is 0 Å². The molecule has 3 aliphatic rings. The zero-order valence-electron chi connectivity index (χ0n) is 24.3. The minimum atomic E-state index is -1.05. The predicted octanol–water partition coefficient (Wildman–Crippen LogP) is 6.45. The Morgan fingerprint density at radius 3 is 1.72 bits per heavy atom. The van der Waals surface area contributed by atoms with E-state index in [0.29, 0.717) is 5.57 Å². The van der Waals surface area contributed by atoms with E-state index in [9.17, 15) is 9.90 Å². The van der Waals surface area contributed by atoms with Gasteiger partial charge in [-0.3, -0.25) is 0 Å². The smallest absolute Gasteiger partial charge is 0.0530 e. The molecule has 2 unspecified atom stereocenters. The summed E-state index contributed by atoms with van der Waals surface area (Å²) in [6, 6.07) is 0. The van der Waals surface area contributed by atoms with Crippen LogP contribution in [0.15, 0.2) is 69.2 Å². The van der Waals surface area contributed by atoms with Gasteiger partial charge < -0.3 is 0 Å². The summed E-state index contributed by atoms with van der Waals surface area (Å²) in [7, 11) is 0. The fourth-order valence-corrected chi connectivity index (χ4v) is 6.57. The van der Waals surface area contributed by atoms with Crippen molar-refractivity contribution in [1.82, 2.24) is 0 Å². The summed E-state index contributed by atoms with van der Waals surface area (Å²) in [4.78, 5) is 13.2. The molecule has 0 amide bonds. The summed E-state index contributed by atoms with van der Waals surface area (Å²) < 4.78 is 9.01. The van der Waals surface area contributed by atoms with E-state index in [0.717, 1.165) is 22.7 Å². The SMILES string of the molecule is CC(C)(C)C1=CC(=CC2C(=O)C(=CC3=CC(C(C)(C)C)=[Se]C(C(C)(C)C)=C3)C2[O-])C=C(C(C)(C)C)O1. The number of Topliss-reactive ketones (excluding diaryl/α,β-unsaturated/α-hetero) is 1. The number of ketones is 1. The van der Waals surface area contributed by atoms with Crippen LogP contribution in [0.25, 0.3) is 0 Å². The van der Waals surface area contributed by atoms with Crippen LogP contribution in [0.4, 0.5) is 0 Å². The van der Waals surface area contributed by atoms with Crippen LogP contribution in [-0.4, -0.2) is 30.8 Å². The van der Waals surface area contributed by atoms with Gasteiger partial charge in [0.05, 0.1) is 0 Å². The van der Waals surface area contributed by atoms with Crippen LogP contribution in [-0.2, 0) is 9.53 Å². The van der Waals surface area contributed by atoms with E-state index in [1.807, 2.05) is 24.3 Å². The maximum absolute atomic E-state index is 13.3. The van der Waals surface area contributed by atoms with Gasteiger partial charge in [-0.15, -0.1) is 0 Å². The molecule has 2 atom stereocenters. The predicted molar refractivity (Wildman–Crippen MR) is 150 cm³/mol. The van der Waals surface area contributed by atoms with Gasteiger partial charge in [-0.2, -0.15) is 0 Å². The first-order valence-corrected chi connectivity index (χ1v) is 14.6. The Balaban J connectivity index is 1.95. The number of ether oxygens (including phenoxy) is 1. The van der Waals surface area contributed by atoms with Gasteiger partial charge in [-0.1, -0.05) is 41.5 Å². The first-order valence-electron chi connectivity index (χ1n) is 12.9. The molecule has 0 bridgehead atoms. The number of allylic oxidation sites excluding steroid dienone is 10. The first kappa shape index (κ1) is 28.8. The van der Waals surface area contributed by atoms with E-state index < -0.39 is 12.0 Å². The summed E-state index contributed by atoms with van der Waals surface area (Å²) in [5, 5.41) is 13.3. The summed E-state index contributed by atoms with van der Waals surface area (Å²) in [5.74, 6) is 0.992. The quantitative estimate of drug-likeness (QED) is 0.291. The van der Waals surface area contributed by atoms with Gasteiger partial charge in [0.25, 0.3) is 0 Å². The molecule has 3 nitrogen and oxygen atoms in total. The molecular weight excluding hydrogens is 511 g/mol. The summed E-state index contributed by atoms with van der Waals surface area (Å²) in [5.41, 5.74) is 2.00. The molecule has 0 aromatic rings. The van der Waals surface area contributed by atoms with Crippen molar-refractivity contribution in [3.63, 3.8) is 0 Å². The van der Waals surface area contributed by atoms with Gasteiger partial charge in [-0.05, 0) is 0 Å². The molecule has 1 radical (unpaired) electrons. The molecule has 1 fully saturated rings. The molecule has 2 heterocycles. The average Bonchev–Trinajstić information content (AvgIpc) is 2.72. The number of hydrogen-bond acceptors (Lipinski definition) is 3. The second-order valence-corrected chi connectivity index (χ2v) is 16.6. The maximum atomic E-state index is 13.3. The molecule has 0 aromatic heterocycles. The van der Waals surface area contributed by atoms with Crippen molar-refractivity contribution in [2.45, 2.75) is 89.2 Å². The average molecular weight is 556 g/mol. The third-order valence-corrected chi connectivity index (χ3v) is 10.5. The molecule has 0 saturated heterocycles. The Labute approximate surface area is 224 Å². The molecule has 197 valence electrons. The molecule has 3 rings (SSSR count). The Morgan fingerprint density at radius 2 is 1.31 bits per heavy atom. The van der Waals surface area contributed by atoms with Crippen LogP contribution in [0, 0.1) is 27.6 Å². The van der Waals surface area contributed by atoms with Crippen molar-refractivity contribution in [3.05, 3.63) is 69.2 Å². The Hall–Kier alpha value is -1.74. The molecule has 0 N–H and O–H groups in total. The van der Waals surface area contributed by atoms with E-state index in [1.165, 1.54) is 8.89 Å². The van der Waals surface area contributed by atoms with E-state index in [2.05, 4.69) is 95.2 Å². The van der Waals surface area contributed by atoms with Gasteiger partial charge >= 0.3 is 184 Å². The van der Waals surface area contributed by atoms with Crippen molar-refractivity contribution in [3.8, 4) is 0 Å². The van der Waals surface area contributed by atoms with Crippen LogP contribution >= 0.6 is 0 Å². The number of rotatable bonds is 2. The Morgan fingerprint density at radius 1 is 0.778 bits per heavy atom. The van der Waals surface area contributed by atoms with Gasteiger partial charge in [0, 0.05) is 0 Å². The van der Waals surface area contributed by atoms with Crippen molar-refractivity contribution in [2.24, 2.45) is 27.6 Å².